The molecule has 0 unspecified atom stereocenters. The Hall–Kier alpha value is -1.17. The molecule has 0 bridgehead atoms. The highest BCUT2D eigenvalue weighted by molar-refractivity contribution is 6.33. The fourth-order valence-electron chi connectivity index (χ4n) is 3.04. The van der Waals surface area contributed by atoms with E-state index in [1.807, 2.05) is 0 Å². The van der Waals surface area contributed by atoms with Crippen molar-refractivity contribution in [3.63, 3.8) is 0 Å². The van der Waals surface area contributed by atoms with Gasteiger partial charge in [-0.2, -0.15) is 0 Å². The van der Waals surface area contributed by atoms with E-state index < -0.39 is 5.79 Å². The average molecular weight is 325 g/mol. The molecule has 3 rings (SSSR count). The highest BCUT2D eigenvalue weighted by Gasteiger charge is 2.43. The van der Waals surface area contributed by atoms with Gasteiger partial charge in [0, 0.05) is 31.8 Å². The number of nitrogens with one attached hydrogen (secondary N) is 1. The van der Waals surface area contributed by atoms with Gasteiger partial charge in [0.25, 0.3) is 5.91 Å². The summed E-state index contributed by atoms with van der Waals surface area (Å²) in [4.78, 5) is 16.0. The number of hydrogen-bond donors (Lipinski definition) is 1. The number of amides is 1. The number of carbonyl (C=O) groups is 1. The van der Waals surface area contributed by atoms with Crippen LogP contribution in [-0.4, -0.2) is 35.9 Å². The van der Waals surface area contributed by atoms with Gasteiger partial charge in [0.2, 0.25) is 0 Å². The summed E-state index contributed by atoms with van der Waals surface area (Å²) in [5.74, 6) is 0.107. The normalized spacial score (nSPS) is 31.4. The number of hydrogen-bond acceptors (Lipinski definition) is 4. The molecule has 1 amide bonds. The molecule has 5 nitrogen and oxygen atoms in total. The van der Waals surface area contributed by atoms with Crippen molar-refractivity contribution in [2.75, 3.05) is 13.2 Å². The first-order chi connectivity index (χ1) is 10.6. The third-order valence-electron chi connectivity index (χ3n) is 4.46. The van der Waals surface area contributed by atoms with Crippen LogP contribution in [0.2, 0.25) is 5.02 Å². The van der Waals surface area contributed by atoms with Gasteiger partial charge in [-0.15, -0.1) is 0 Å². The largest absolute Gasteiger partial charge is 0.349 e. The van der Waals surface area contributed by atoms with E-state index in [2.05, 4.69) is 17.2 Å². The number of halogens is 1. The quantitative estimate of drug-likeness (QED) is 0.928. The maximum atomic E-state index is 12.1. The number of carbonyl (C=O) groups excluding carboxylic acids is 1. The van der Waals surface area contributed by atoms with Crippen molar-refractivity contribution in [3.8, 4) is 0 Å². The van der Waals surface area contributed by atoms with Crippen LogP contribution in [0.25, 0.3) is 0 Å². The Morgan fingerprint density at radius 2 is 2.27 bits per heavy atom. The molecule has 1 saturated heterocycles. The van der Waals surface area contributed by atoms with Gasteiger partial charge >= 0.3 is 0 Å². The summed E-state index contributed by atoms with van der Waals surface area (Å²) in [6.07, 6.45) is 7.05. The second kappa shape index (κ2) is 6.52. The maximum Gasteiger partial charge on any atom is 0.253 e. The van der Waals surface area contributed by atoms with Crippen molar-refractivity contribution < 1.29 is 14.3 Å². The zero-order valence-electron chi connectivity index (χ0n) is 12.7. The van der Waals surface area contributed by atoms with E-state index in [0.29, 0.717) is 23.7 Å². The van der Waals surface area contributed by atoms with Crippen LogP contribution in [0, 0.1) is 5.92 Å². The van der Waals surface area contributed by atoms with Gasteiger partial charge in [-0.3, -0.25) is 9.78 Å². The van der Waals surface area contributed by atoms with Gasteiger partial charge in [0.05, 0.1) is 17.2 Å². The van der Waals surface area contributed by atoms with Crippen LogP contribution in [-0.2, 0) is 9.47 Å². The summed E-state index contributed by atoms with van der Waals surface area (Å²) in [6, 6.07) is 1.60. The highest BCUT2D eigenvalue weighted by atomic mass is 35.5. The molecule has 1 aromatic heterocycles. The highest BCUT2D eigenvalue weighted by Crippen LogP contribution is 2.39. The molecule has 22 heavy (non-hydrogen) atoms. The van der Waals surface area contributed by atoms with Crippen molar-refractivity contribution in [2.45, 2.75) is 44.5 Å². The van der Waals surface area contributed by atoms with Gasteiger partial charge in [-0.25, -0.2) is 0 Å². The van der Waals surface area contributed by atoms with Crippen molar-refractivity contribution in [1.82, 2.24) is 10.3 Å². The molecule has 1 aromatic rings. The first kappa shape index (κ1) is 15.7. The van der Waals surface area contributed by atoms with Gasteiger partial charge in [-0.1, -0.05) is 18.5 Å². The number of pyridine rings is 1. The molecule has 1 N–H and O–H groups in total. The van der Waals surface area contributed by atoms with Crippen LogP contribution in [0.15, 0.2) is 18.5 Å². The lowest BCUT2D eigenvalue weighted by Crippen LogP contribution is -2.38. The molecule has 0 aromatic carbocycles. The summed E-state index contributed by atoms with van der Waals surface area (Å²) < 4.78 is 12.0. The van der Waals surface area contributed by atoms with E-state index in [0.717, 1.165) is 31.6 Å². The Morgan fingerprint density at radius 3 is 3.00 bits per heavy atom. The number of aromatic nitrogens is 1. The molecule has 1 spiro atoms. The van der Waals surface area contributed by atoms with Crippen molar-refractivity contribution in [2.24, 2.45) is 5.92 Å². The van der Waals surface area contributed by atoms with E-state index in [1.54, 1.807) is 12.3 Å². The van der Waals surface area contributed by atoms with E-state index in [-0.39, 0.29) is 12.0 Å². The second-order valence-corrected chi connectivity index (χ2v) is 6.62. The Kier molecular flexibility index (Phi) is 4.66. The first-order valence-electron chi connectivity index (χ1n) is 7.77. The minimum absolute atomic E-state index is 0.0991. The van der Waals surface area contributed by atoms with Gasteiger partial charge in [0.1, 0.15) is 6.10 Å². The second-order valence-electron chi connectivity index (χ2n) is 6.21. The van der Waals surface area contributed by atoms with Gasteiger partial charge in [0.15, 0.2) is 5.79 Å². The summed E-state index contributed by atoms with van der Waals surface area (Å²) in [7, 11) is 0. The Morgan fingerprint density at radius 1 is 1.50 bits per heavy atom. The van der Waals surface area contributed by atoms with Crippen LogP contribution < -0.4 is 5.32 Å². The average Bonchev–Trinajstić information content (AvgIpc) is 2.92. The predicted molar refractivity (Wildman–Crippen MR) is 82.8 cm³/mol. The smallest absolute Gasteiger partial charge is 0.253 e. The molecular weight excluding hydrogens is 304 g/mol. The lowest BCUT2D eigenvalue weighted by molar-refractivity contribution is -0.191. The number of ether oxygens (including phenoxy) is 2. The Bertz CT molecular complexity index is 544. The standard InChI is InChI=1S/C16H21ClN2O3/c1-11-2-5-16(6-3-11)21-10-12(22-16)8-19-15(20)13-4-7-18-9-14(13)17/h4,7,9,11-12H,2-3,5-6,8,10H2,1H3,(H,19,20)/t11?,12-,16?/m0/s1. The Labute approximate surface area is 135 Å². The lowest BCUT2D eigenvalue weighted by Gasteiger charge is -2.34. The monoisotopic (exact) mass is 324 g/mol. The molecule has 1 aliphatic heterocycles. The fraction of sp³-hybridized carbons (Fsp3) is 0.625. The maximum absolute atomic E-state index is 12.1. The topological polar surface area (TPSA) is 60.5 Å². The van der Waals surface area contributed by atoms with Crippen LogP contribution in [0.4, 0.5) is 0 Å². The molecule has 1 saturated carbocycles. The number of nitrogens with zero attached hydrogens (tertiary/aromatic N) is 1. The van der Waals surface area contributed by atoms with E-state index in [4.69, 9.17) is 21.1 Å². The molecule has 0 radical (unpaired) electrons. The van der Waals surface area contributed by atoms with E-state index >= 15 is 0 Å². The zero-order chi connectivity index (χ0) is 15.6. The summed E-state index contributed by atoms with van der Waals surface area (Å²) in [6.45, 7) is 3.21. The summed E-state index contributed by atoms with van der Waals surface area (Å²) in [5, 5.41) is 3.20. The third kappa shape index (κ3) is 3.42. The molecule has 2 aliphatic rings. The first-order valence-corrected chi connectivity index (χ1v) is 8.15. The minimum Gasteiger partial charge on any atom is -0.349 e. The lowest BCUT2D eigenvalue weighted by atomic mass is 9.86. The summed E-state index contributed by atoms with van der Waals surface area (Å²) in [5.41, 5.74) is 0.428. The van der Waals surface area contributed by atoms with Crippen LogP contribution in [0.3, 0.4) is 0 Å². The van der Waals surface area contributed by atoms with E-state index in [1.165, 1.54) is 6.20 Å². The summed E-state index contributed by atoms with van der Waals surface area (Å²) >= 11 is 5.97. The molecule has 2 heterocycles. The minimum atomic E-state index is -0.420. The molecule has 2 fully saturated rings. The van der Waals surface area contributed by atoms with Crippen molar-refractivity contribution in [3.05, 3.63) is 29.0 Å². The molecule has 6 heteroatoms. The third-order valence-corrected chi connectivity index (χ3v) is 4.76. The van der Waals surface area contributed by atoms with Crippen molar-refractivity contribution in [1.29, 1.82) is 0 Å². The SMILES string of the molecule is CC1CCC2(CC1)OC[C@H](CNC(=O)c1ccncc1Cl)O2. The zero-order valence-corrected chi connectivity index (χ0v) is 13.4. The molecule has 1 atom stereocenters. The van der Waals surface area contributed by atoms with E-state index in [9.17, 15) is 4.79 Å². The fourth-order valence-corrected chi connectivity index (χ4v) is 3.25. The Balaban J connectivity index is 1.51. The van der Waals surface area contributed by atoms with Gasteiger partial charge in [-0.05, 0) is 24.8 Å². The van der Waals surface area contributed by atoms with Crippen LogP contribution in [0.1, 0.15) is 43.0 Å². The van der Waals surface area contributed by atoms with Crippen LogP contribution >= 0.6 is 11.6 Å². The molecule has 1 aliphatic carbocycles. The van der Waals surface area contributed by atoms with Gasteiger partial charge < -0.3 is 14.8 Å². The number of rotatable bonds is 3. The predicted octanol–water partition coefficient (Wildman–Crippen LogP) is 2.79. The van der Waals surface area contributed by atoms with Crippen LogP contribution in [0.5, 0.6) is 0 Å². The van der Waals surface area contributed by atoms with Crippen molar-refractivity contribution >= 4 is 17.5 Å². The molecular formula is C16H21ClN2O3. The molecule has 120 valence electrons.